The number of hydrogen-bond acceptors (Lipinski definition) is 0. The summed E-state index contributed by atoms with van der Waals surface area (Å²) >= 11 is 0. The predicted octanol–water partition coefficient (Wildman–Crippen LogP) is 11.9. The molecule has 43 heavy (non-hydrogen) atoms. The van der Waals surface area contributed by atoms with E-state index in [1.165, 1.54) is 88.3 Å². The smallest absolute Gasteiger partial charge is 0.0158 e. The van der Waals surface area contributed by atoms with Gasteiger partial charge in [0.1, 0.15) is 0 Å². The molecule has 7 aromatic rings. The molecule has 0 saturated carbocycles. The van der Waals surface area contributed by atoms with Crippen LogP contribution in [0.25, 0.3) is 66.1 Å². The molecule has 0 N–H and O–H groups in total. The highest BCUT2D eigenvalue weighted by molar-refractivity contribution is 6.22. The molecule has 0 spiro atoms. The lowest BCUT2D eigenvalue weighted by atomic mass is 9.81. The Kier molecular flexibility index (Phi) is 5.71. The first-order chi connectivity index (χ1) is 20.9. The Morgan fingerprint density at radius 3 is 1.70 bits per heavy atom. The minimum absolute atomic E-state index is 0.0119. The summed E-state index contributed by atoms with van der Waals surface area (Å²) in [5, 5.41) is 5.17. The standard InChI is InChI=1S/C43H34/c1-27-22-28(2)24-32(23-27)42-35-16-9-8-15-34(35)41(38-25-30(18-20-36(38)42)29-12-6-5-7-13-29)31-19-21-40-37(26-31)33-14-10-11-17-39(33)43(40,3)4/h5-26H,1-4H3. The van der Waals surface area contributed by atoms with Gasteiger partial charge < -0.3 is 0 Å². The quantitative estimate of drug-likeness (QED) is 0.192. The summed E-state index contributed by atoms with van der Waals surface area (Å²) in [6.45, 7) is 9.11. The maximum atomic E-state index is 2.45. The fourth-order valence-corrected chi connectivity index (χ4v) is 7.61. The van der Waals surface area contributed by atoms with E-state index in [4.69, 9.17) is 0 Å². The van der Waals surface area contributed by atoms with Crippen LogP contribution in [0.4, 0.5) is 0 Å². The highest BCUT2D eigenvalue weighted by atomic mass is 14.4. The van der Waals surface area contributed by atoms with Gasteiger partial charge in [0.25, 0.3) is 0 Å². The van der Waals surface area contributed by atoms with Crippen LogP contribution >= 0.6 is 0 Å². The minimum atomic E-state index is -0.0119. The first-order valence-electron chi connectivity index (χ1n) is 15.3. The molecule has 1 aliphatic carbocycles. The molecule has 0 aliphatic heterocycles. The van der Waals surface area contributed by atoms with Crippen LogP contribution in [0, 0.1) is 13.8 Å². The van der Waals surface area contributed by atoms with Crippen molar-refractivity contribution in [3.8, 4) is 44.5 Å². The van der Waals surface area contributed by atoms with E-state index in [-0.39, 0.29) is 5.41 Å². The molecular formula is C43H34. The van der Waals surface area contributed by atoms with Gasteiger partial charge in [0, 0.05) is 5.41 Å². The van der Waals surface area contributed by atoms with Crippen molar-refractivity contribution in [1.82, 2.24) is 0 Å². The van der Waals surface area contributed by atoms with Gasteiger partial charge in [-0.15, -0.1) is 0 Å². The van der Waals surface area contributed by atoms with Crippen molar-refractivity contribution in [2.45, 2.75) is 33.1 Å². The fourth-order valence-electron chi connectivity index (χ4n) is 7.61. The van der Waals surface area contributed by atoms with E-state index in [0.717, 1.165) is 0 Å². The first kappa shape index (κ1) is 25.7. The number of fused-ring (bicyclic) bond motifs is 5. The average molecular weight is 551 g/mol. The lowest BCUT2D eigenvalue weighted by Gasteiger charge is -2.22. The highest BCUT2D eigenvalue weighted by Gasteiger charge is 2.35. The molecule has 7 aromatic carbocycles. The zero-order valence-corrected chi connectivity index (χ0v) is 25.2. The summed E-state index contributed by atoms with van der Waals surface area (Å²) in [5.74, 6) is 0. The van der Waals surface area contributed by atoms with E-state index >= 15 is 0 Å². The topological polar surface area (TPSA) is 0 Å². The average Bonchev–Trinajstić information content (AvgIpc) is 3.25. The van der Waals surface area contributed by atoms with Gasteiger partial charge in [0.15, 0.2) is 0 Å². The maximum Gasteiger partial charge on any atom is 0.0158 e. The second-order valence-corrected chi connectivity index (χ2v) is 12.7. The molecule has 0 bridgehead atoms. The molecule has 0 heterocycles. The summed E-state index contributed by atoms with van der Waals surface area (Å²) in [7, 11) is 0. The monoisotopic (exact) mass is 550 g/mol. The van der Waals surface area contributed by atoms with Gasteiger partial charge in [0.05, 0.1) is 0 Å². The molecule has 0 radical (unpaired) electrons. The van der Waals surface area contributed by atoms with Crippen molar-refractivity contribution in [1.29, 1.82) is 0 Å². The van der Waals surface area contributed by atoms with Crippen molar-refractivity contribution < 1.29 is 0 Å². The molecule has 0 atom stereocenters. The Balaban J connectivity index is 1.50. The van der Waals surface area contributed by atoms with Crippen LogP contribution < -0.4 is 0 Å². The van der Waals surface area contributed by atoms with E-state index in [9.17, 15) is 0 Å². The van der Waals surface area contributed by atoms with E-state index < -0.39 is 0 Å². The molecule has 0 aromatic heterocycles. The Morgan fingerprint density at radius 2 is 0.953 bits per heavy atom. The van der Waals surface area contributed by atoms with Crippen LogP contribution in [0.1, 0.15) is 36.1 Å². The molecule has 0 nitrogen and oxygen atoms in total. The Hall–Kier alpha value is -4.94. The van der Waals surface area contributed by atoms with Crippen LogP contribution in [0.15, 0.2) is 133 Å². The van der Waals surface area contributed by atoms with Gasteiger partial charge in [-0.05, 0) is 103 Å². The maximum absolute atomic E-state index is 2.45. The van der Waals surface area contributed by atoms with Crippen LogP contribution in [-0.2, 0) is 5.41 Å². The lowest BCUT2D eigenvalue weighted by Crippen LogP contribution is -2.14. The van der Waals surface area contributed by atoms with Crippen molar-refractivity contribution in [2.24, 2.45) is 0 Å². The molecule has 206 valence electrons. The van der Waals surface area contributed by atoms with E-state index in [0.29, 0.717) is 0 Å². The first-order valence-corrected chi connectivity index (χ1v) is 15.3. The highest BCUT2D eigenvalue weighted by Crippen LogP contribution is 2.51. The minimum Gasteiger partial charge on any atom is -0.0622 e. The van der Waals surface area contributed by atoms with Crippen LogP contribution in [0.2, 0.25) is 0 Å². The largest absolute Gasteiger partial charge is 0.0622 e. The van der Waals surface area contributed by atoms with E-state index in [1.807, 2.05) is 0 Å². The summed E-state index contributed by atoms with van der Waals surface area (Å²) in [6, 6.07) is 49.9. The third-order valence-corrected chi connectivity index (χ3v) is 9.51. The molecule has 8 rings (SSSR count). The van der Waals surface area contributed by atoms with Gasteiger partial charge in [0.2, 0.25) is 0 Å². The van der Waals surface area contributed by atoms with Gasteiger partial charge in [-0.1, -0.05) is 146 Å². The van der Waals surface area contributed by atoms with Crippen molar-refractivity contribution in [3.05, 3.63) is 156 Å². The zero-order valence-electron chi connectivity index (χ0n) is 25.2. The SMILES string of the molecule is Cc1cc(C)cc(-c2c3ccccc3c(-c3ccc4c(c3)-c3ccccc3C4(C)C)c3cc(-c4ccccc4)ccc23)c1. The normalized spacial score (nSPS) is 13.3. The van der Waals surface area contributed by atoms with Crippen molar-refractivity contribution in [3.63, 3.8) is 0 Å². The molecular weight excluding hydrogens is 516 g/mol. The van der Waals surface area contributed by atoms with Gasteiger partial charge >= 0.3 is 0 Å². The van der Waals surface area contributed by atoms with Crippen LogP contribution in [-0.4, -0.2) is 0 Å². The zero-order chi connectivity index (χ0) is 29.3. The van der Waals surface area contributed by atoms with E-state index in [2.05, 4.69) is 161 Å². The molecule has 1 aliphatic rings. The summed E-state index contributed by atoms with van der Waals surface area (Å²) < 4.78 is 0. The summed E-state index contributed by atoms with van der Waals surface area (Å²) in [5.41, 5.74) is 15.7. The van der Waals surface area contributed by atoms with Crippen LogP contribution in [0.5, 0.6) is 0 Å². The number of aryl methyl sites for hydroxylation is 2. The molecule has 0 heteroatoms. The third-order valence-electron chi connectivity index (χ3n) is 9.51. The predicted molar refractivity (Wildman–Crippen MR) is 185 cm³/mol. The lowest BCUT2D eigenvalue weighted by molar-refractivity contribution is 0.660. The van der Waals surface area contributed by atoms with Crippen molar-refractivity contribution in [2.75, 3.05) is 0 Å². The van der Waals surface area contributed by atoms with Gasteiger partial charge in [-0.3, -0.25) is 0 Å². The Labute approximate surface area is 254 Å². The van der Waals surface area contributed by atoms with Crippen LogP contribution in [0.3, 0.4) is 0 Å². The third kappa shape index (κ3) is 3.97. The second kappa shape index (κ2) is 9.54. The summed E-state index contributed by atoms with van der Waals surface area (Å²) in [4.78, 5) is 0. The van der Waals surface area contributed by atoms with Gasteiger partial charge in [-0.25, -0.2) is 0 Å². The molecule has 0 unspecified atom stereocenters. The number of rotatable bonds is 3. The Morgan fingerprint density at radius 1 is 0.372 bits per heavy atom. The van der Waals surface area contributed by atoms with E-state index in [1.54, 1.807) is 0 Å². The van der Waals surface area contributed by atoms with Gasteiger partial charge in [-0.2, -0.15) is 0 Å². The number of benzene rings is 7. The summed E-state index contributed by atoms with van der Waals surface area (Å²) in [6.07, 6.45) is 0. The molecule has 0 fully saturated rings. The molecule has 0 amide bonds. The second-order valence-electron chi connectivity index (χ2n) is 12.7. The van der Waals surface area contributed by atoms with Crippen molar-refractivity contribution >= 4 is 21.5 Å². The molecule has 0 saturated heterocycles. The number of hydrogen-bond donors (Lipinski definition) is 0. The Bertz CT molecular complexity index is 2190. The fraction of sp³-hybridized carbons (Fsp3) is 0.116.